The van der Waals surface area contributed by atoms with Crippen molar-refractivity contribution in [1.29, 1.82) is 0 Å². The highest BCUT2D eigenvalue weighted by molar-refractivity contribution is 7.92. The Bertz CT molecular complexity index is 984. The van der Waals surface area contributed by atoms with Gasteiger partial charge in [0, 0.05) is 21.8 Å². The second kappa shape index (κ2) is 8.17. The van der Waals surface area contributed by atoms with Crippen LogP contribution < -0.4 is 10.0 Å². The third-order valence-corrected chi connectivity index (χ3v) is 7.10. The number of amides is 1. The lowest BCUT2D eigenvalue weighted by molar-refractivity contribution is -0.121. The molecular formula is C21H22Cl2N2O3S. The van der Waals surface area contributed by atoms with Gasteiger partial charge < -0.3 is 5.32 Å². The monoisotopic (exact) mass is 452 g/mol. The minimum Gasteiger partial charge on any atom is -0.353 e. The molecule has 0 aliphatic heterocycles. The highest BCUT2D eigenvalue weighted by Crippen LogP contribution is 2.44. The summed E-state index contributed by atoms with van der Waals surface area (Å²) >= 11 is 11.8. The molecule has 0 unspecified atom stereocenters. The molecule has 2 fully saturated rings. The van der Waals surface area contributed by atoms with Crippen molar-refractivity contribution in [2.24, 2.45) is 11.8 Å². The fourth-order valence-electron chi connectivity index (χ4n) is 3.54. The van der Waals surface area contributed by atoms with E-state index in [9.17, 15) is 13.2 Å². The highest BCUT2D eigenvalue weighted by Gasteiger charge is 2.42. The maximum Gasteiger partial charge on any atom is 0.261 e. The van der Waals surface area contributed by atoms with Crippen LogP contribution in [0.4, 0.5) is 5.69 Å². The van der Waals surface area contributed by atoms with Crippen molar-refractivity contribution in [3.05, 3.63) is 58.1 Å². The first-order chi connectivity index (χ1) is 13.8. The topological polar surface area (TPSA) is 75.3 Å². The summed E-state index contributed by atoms with van der Waals surface area (Å²) in [6.45, 7) is 0. The second-order valence-corrected chi connectivity index (χ2v) is 10.4. The number of nitrogens with one attached hydrogen (secondary N) is 2. The van der Waals surface area contributed by atoms with Crippen LogP contribution in [0, 0.1) is 11.8 Å². The molecule has 154 valence electrons. The molecule has 0 radical (unpaired) electrons. The Hall–Kier alpha value is -1.76. The number of anilines is 1. The van der Waals surface area contributed by atoms with E-state index in [-0.39, 0.29) is 27.3 Å². The van der Waals surface area contributed by atoms with E-state index in [0.717, 1.165) is 5.56 Å². The largest absolute Gasteiger partial charge is 0.353 e. The van der Waals surface area contributed by atoms with Gasteiger partial charge in [-0.05, 0) is 73.4 Å². The van der Waals surface area contributed by atoms with Crippen molar-refractivity contribution >= 4 is 44.8 Å². The van der Waals surface area contributed by atoms with Crippen LogP contribution in [-0.2, 0) is 21.2 Å². The average Bonchev–Trinajstić information content (AvgIpc) is 3.54. The Kier molecular flexibility index (Phi) is 5.78. The van der Waals surface area contributed by atoms with Crippen molar-refractivity contribution in [3.8, 4) is 0 Å². The number of benzene rings is 2. The summed E-state index contributed by atoms with van der Waals surface area (Å²) in [5, 5.41) is 3.69. The molecule has 0 atom stereocenters. The molecule has 4 rings (SSSR count). The SMILES string of the molecule is O=C(Cc1ccc(NS(=O)(=O)c2cc(Cl)cc(Cl)c2)cc1)NC(C1CC1)C1CC1. The summed E-state index contributed by atoms with van der Waals surface area (Å²) in [4.78, 5) is 12.4. The lowest BCUT2D eigenvalue weighted by atomic mass is 10.1. The molecule has 0 spiro atoms. The summed E-state index contributed by atoms with van der Waals surface area (Å²) < 4.78 is 27.6. The minimum absolute atomic E-state index is 0.00959. The zero-order chi connectivity index (χ0) is 20.6. The summed E-state index contributed by atoms with van der Waals surface area (Å²) in [7, 11) is -3.81. The Morgan fingerprint density at radius 2 is 1.52 bits per heavy atom. The summed E-state index contributed by atoms with van der Waals surface area (Å²) in [6, 6.07) is 11.3. The normalized spacial score (nSPS) is 16.7. The molecular weight excluding hydrogens is 431 g/mol. The average molecular weight is 453 g/mol. The van der Waals surface area contributed by atoms with Gasteiger partial charge in [-0.25, -0.2) is 8.42 Å². The zero-order valence-electron chi connectivity index (χ0n) is 15.7. The van der Waals surface area contributed by atoms with Gasteiger partial charge in [-0.2, -0.15) is 0 Å². The van der Waals surface area contributed by atoms with Gasteiger partial charge in [-0.1, -0.05) is 35.3 Å². The zero-order valence-corrected chi connectivity index (χ0v) is 18.0. The number of hydrogen-bond acceptors (Lipinski definition) is 3. The molecule has 2 aliphatic rings. The minimum atomic E-state index is -3.81. The van der Waals surface area contributed by atoms with Gasteiger partial charge in [0.25, 0.3) is 10.0 Å². The first kappa shape index (κ1) is 20.5. The Labute approximate surface area is 180 Å². The van der Waals surface area contributed by atoms with Gasteiger partial charge in [0.05, 0.1) is 11.3 Å². The predicted octanol–water partition coefficient (Wildman–Crippen LogP) is 4.64. The molecule has 0 bridgehead atoms. The third-order valence-electron chi connectivity index (χ3n) is 5.30. The lowest BCUT2D eigenvalue weighted by Gasteiger charge is -2.17. The van der Waals surface area contributed by atoms with Crippen molar-refractivity contribution in [3.63, 3.8) is 0 Å². The van der Waals surface area contributed by atoms with Crippen LogP contribution in [0.5, 0.6) is 0 Å². The van der Waals surface area contributed by atoms with Gasteiger partial charge in [-0.3, -0.25) is 9.52 Å². The maximum absolute atomic E-state index is 12.5. The summed E-state index contributed by atoms with van der Waals surface area (Å²) in [5.41, 5.74) is 1.24. The second-order valence-electron chi connectivity index (χ2n) is 7.85. The van der Waals surface area contributed by atoms with Crippen LogP contribution in [0.15, 0.2) is 47.4 Å². The fourth-order valence-corrected chi connectivity index (χ4v) is 5.33. The number of rotatable bonds is 8. The molecule has 5 nitrogen and oxygen atoms in total. The molecule has 8 heteroatoms. The standard InChI is InChI=1S/C21H22Cl2N2O3S/c22-16-10-17(23)12-19(11-16)29(27,28)25-18-7-1-13(2-8-18)9-20(26)24-21(14-3-4-14)15-5-6-15/h1-2,7-8,10-12,14-15,21,25H,3-6,9H2,(H,24,26). The Morgan fingerprint density at radius 3 is 2.03 bits per heavy atom. The van der Waals surface area contributed by atoms with E-state index >= 15 is 0 Å². The highest BCUT2D eigenvalue weighted by atomic mass is 35.5. The van der Waals surface area contributed by atoms with Crippen molar-refractivity contribution in [1.82, 2.24) is 5.32 Å². The van der Waals surface area contributed by atoms with E-state index < -0.39 is 10.0 Å². The van der Waals surface area contributed by atoms with Crippen LogP contribution >= 0.6 is 23.2 Å². The molecule has 1 amide bonds. The number of halogens is 2. The van der Waals surface area contributed by atoms with Crippen molar-refractivity contribution < 1.29 is 13.2 Å². The smallest absolute Gasteiger partial charge is 0.261 e. The summed E-state index contributed by atoms with van der Waals surface area (Å²) in [5.74, 6) is 1.34. The van der Waals surface area contributed by atoms with E-state index in [4.69, 9.17) is 23.2 Å². The number of carbonyl (C=O) groups excluding carboxylic acids is 1. The van der Waals surface area contributed by atoms with E-state index in [2.05, 4.69) is 10.0 Å². The number of hydrogen-bond donors (Lipinski definition) is 2. The number of sulfonamides is 1. The van der Waals surface area contributed by atoms with E-state index in [0.29, 0.717) is 23.6 Å². The van der Waals surface area contributed by atoms with Gasteiger partial charge in [0.15, 0.2) is 0 Å². The van der Waals surface area contributed by atoms with Gasteiger partial charge in [0.1, 0.15) is 0 Å². The molecule has 2 aliphatic carbocycles. The molecule has 0 aromatic heterocycles. The first-order valence-electron chi connectivity index (χ1n) is 9.67. The fraction of sp³-hybridized carbons (Fsp3) is 0.381. The molecule has 2 aromatic rings. The van der Waals surface area contributed by atoms with Crippen LogP contribution in [0.1, 0.15) is 31.2 Å². The molecule has 0 heterocycles. The van der Waals surface area contributed by atoms with Crippen molar-refractivity contribution in [2.75, 3.05) is 4.72 Å². The maximum atomic E-state index is 12.5. The van der Waals surface area contributed by atoms with Gasteiger partial charge >= 0.3 is 0 Å². The van der Waals surface area contributed by atoms with Crippen LogP contribution in [-0.4, -0.2) is 20.4 Å². The van der Waals surface area contributed by atoms with Gasteiger partial charge in [-0.15, -0.1) is 0 Å². The third kappa shape index (κ3) is 5.44. The molecule has 2 saturated carbocycles. The molecule has 29 heavy (non-hydrogen) atoms. The van der Waals surface area contributed by atoms with Gasteiger partial charge in [0.2, 0.25) is 5.91 Å². The molecule has 2 N–H and O–H groups in total. The van der Waals surface area contributed by atoms with E-state index in [1.165, 1.54) is 43.9 Å². The van der Waals surface area contributed by atoms with Crippen LogP contribution in [0.2, 0.25) is 10.0 Å². The number of carbonyl (C=O) groups is 1. The summed E-state index contributed by atoms with van der Waals surface area (Å²) in [6.07, 6.45) is 5.15. The van der Waals surface area contributed by atoms with Crippen molar-refractivity contribution in [2.45, 2.75) is 43.0 Å². The van der Waals surface area contributed by atoms with Crippen LogP contribution in [0.3, 0.4) is 0 Å². The lowest BCUT2D eigenvalue weighted by Crippen LogP contribution is -2.38. The molecule has 0 saturated heterocycles. The first-order valence-corrected chi connectivity index (χ1v) is 11.9. The van der Waals surface area contributed by atoms with E-state index in [1.54, 1.807) is 24.3 Å². The molecule has 2 aromatic carbocycles. The predicted molar refractivity (Wildman–Crippen MR) is 115 cm³/mol. The Balaban J connectivity index is 1.37. The Morgan fingerprint density at radius 1 is 0.966 bits per heavy atom. The van der Waals surface area contributed by atoms with E-state index in [1.807, 2.05) is 0 Å². The quantitative estimate of drug-likeness (QED) is 0.612. The van der Waals surface area contributed by atoms with Crippen LogP contribution in [0.25, 0.3) is 0 Å².